The number of thioether (sulfide) groups is 1. The summed E-state index contributed by atoms with van der Waals surface area (Å²) in [6.07, 6.45) is 7.99. The predicted molar refractivity (Wildman–Crippen MR) is 141 cm³/mol. The SMILES string of the molecule is CCCCCNC(=O)C1CCC(CN2C(=O)C3SC=CC3N(CC(=O)Nc3cccc(F)c3)C2=O)CC1. The van der Waals surface area contributed by atoms with Gasteiger partial charge in [-0.1, -0.05) is 31.9 Å². The van der Waals surface area contributed by atoms with Crippen molar-refractivity contribution in [3.8, 4) is 0 Å². The molecule has 10 heteroatoms. The van der Waals surface area contributed by atoms with Crippen molar-refractivity contribution in [1.82, 2.24) is 15.1 Å². The van der Waals surface area contributed by atoms with Gasteiger partial charge in [-0.15, -0.1) is 11.8 Å². The maximum absolute atomic E-state index is 13.5. The van der Waals surface area contributed by atoms with Crippen LogP contribution in [0.1, 0.15) is 51.9 Å². The molecule has 5 amide bonds. The summed E-state index contributed by atoms with van der Waals surface area (Å²) in [6, 6.07) is 4.59. The molecule has 200 valence electrons. The monoisotopic (exact) mass is 530 g/mol. The van der Waals surface area contributed by atoms with Crippen molar-refractivity contribution in [1.29, 1.82) is 0 Å². The number of anilines is 1. The molecule has 0 aromatic heterocycles. The summed E-state index contributed by atoms with van der Waals surface area (Å²) in [5.41, 5.74) is 0.307. The average Bonchev–Trinajstić information content (AvgIpc) is 3.37. The Kier molecular flexibility index (Phi) is 9.23. The zero-order chi connectivity index (χ0) is 26.4. The van der Waals surface area contributed by atoms with E-state index < -0.39 is 29.0 Å². The number of rotatable bonds is 10. The fourth-order valence-corrected chi connectivity index (χ4v) is 6.32. The Morgan fingerprint density at radius 2 is 1.92 bits per heavy atom. The van der Waals surface area contributed by atoms with Gasteiger partial charge in [-0.25, -0.2) is 9.18 Å². The third kappa shape index (κ3) is 6.71. The fraction of sp³-hybridized carbons (Fsp3) is 0.556. The lowest BCUT2D eigenvalue weighted by Crippen LogP contribution is -2.63. The van der Waals surface area contributed by atoms with Crippen molar-refractivity contribution in [2.45, 2.75) is 63.2 Å². The summed E-state index contributed by atoms with van der Waals surface area (Å²) in [5.74, 6) is -0.956. The van der Waals surface area contributed by atoms with Gasteiger partial charge in [0.2, 0.25) is 17.7 Å². The van der Waals surface area contributed by atoms with Crippen molar-refractivity contribution in [2.24, 2.45) is 11.8 Å². The van der Waals surface area contributed by atoms with E-state index in [1.165, 1.54) is 39.8 Å². The number of urea groups is 1. The molecule has 1 aromatic carbocycles. The number of hydrogen-bond acceptors (Lipinski definition) is 5. The van der Waals surface area contributed by atoms with Gasteiger partial charge in [-0.3, -0.25) is 19.3 Å². The third-order valence-electron chi connectivity index (χ3n) is 7.32. The summed E-state index contributed by atoms with van der Waals surface area (Å²) >= 11 is 1.35. The van der Waals surface area contributed by atoms with E-state index in [9.17, 15) is 23.6 Å². The van der Waals surface area contributed by atoms with Crippen LogP contribution in [0.2, 0.25) is 0 Å². The van der Waals surface area contributed by atoms with Gasteiger partial charge in [0, 0.05) is 24.7 Å². The normalized spacial score (nSPS) is 25.2. The number of nitrogens with zero attached hydrogens (tertiary/aromatic N) is 2. The van der Waals surface area contributed by atoms with E-state index in [2.05, 4.69) is 17.6 Å². The van der Waals surface area contributed by atoms with E-state index in [1.54, 1.807) is 17.6 Å². The van der Waals surface area contributed by atoms with E-state index in [4.69, 9.17) is 0 Å². The van der Waals surface area contributed by atoms with Gasteiger partial charge in [0.05, 0.1) is 6.04 Å². The highest BCUT2D eigenvalue weighted by atomic mass is 32.2. The van der Waals surface area contributed by atoms with Crippen LogP contribution in [0.25, 0.3) is 0 Å². The molecule has 1 aliphatic carbocycles. The summed E-state index contributed by atoms with van der Waals surface area (Å²) in [7, 11) is 0. The summed E-state index contributed by atoms with van der Waals surface area (Å²) in [5, 5.41) is 6.98. The molecular weight excluding hydrogens is 495 g/mol. The van der Waals surface area contributed by atoms with Crippen LogP contribution >= 0.6 is 11.8 Å². The van der Waals surface area contributed by atoms with E-state index in [-0.39, 0.29) is 36.7 Å². The number of carbonyl (C=O) groups is 4. The number of hydrogen-bond donors (Lipinski definition) is 2. The van der Waals surface area contributed by atoms with Gasteiger partial charge < -0.3 is 15.5 Å². The van der Waals surface area contributed by atoms with Crippen LogP contribution in [-0.2, 0) is 14.4 Å². The highest BCUT2D eigenvalue weighted by molar-refractivity contribution is 8.03. The topological polar surface area (TPSA) is 98.8 Å². The lowest BCUT2D eigenvalue weighted by molar-refractivity contribution is -0.133. The molecule has 0 spiro atoms. The molecule has 2 atom stereocenters. The van der Waals surface area contributed by atoms with Gasteiger partial charge in [-0.2, -0.15) is 0 Å². The van der Waals surface area contributed by atoms with Crippen LogP contribution in [0.3, 0.4) is 0 Å². The summed E-state index contributed by atoms with van der Waals surface area (Å²) in [6.45, 7) is 2.88. The Morgan fingerprint density at radius 3 is 2.65 bits per heavy atom. The number of benzene rings is 1. The number of imide groups is 1. The first-order valence-corrected chi connectivity index (χ1v) is 14.1. The molecule has 1 aromatic rings. The predicted octanol–water partition coefficient (Wildman–Crippen LogP) is 4.14. The van der Waals surface area contributed by atoms with Crippen molar-refractivity contribution >= 4 is 41.2 Å². The first kappa shape index (κ1) is 27.2. The van der Waals surface area contributed by atoms with Crippen molar-refractivity contribution in [3.05, 3.63) is 41.6 Å². The van der Waals surface area contributed by atoms with Crippen molar-refractivity contribution in [3.63, 3.8) is 0 Å². The van der Waals surface area contributed by atoms with Gasteiger partial charge in [0.15, 0.2) is 0 Å². The van der Waals surface area contributed by atoms with Gasteiger partial charge in [-0.05, 0) is 61.6 Å². The van der Waals surface area contributed by atoms with Crippen LogP contribution in [0, 0.1) is 17.7 Å². The maximum Gasteiger partial charge on any atom is 0.327 e. The van der Waals surface area contributed by atoms with Gasteiger partial charge in [0.25, 0.3) is 0 Å². The number of amides is 5. The lowest BCUT2D eigenvalue weighted by Gasteiger charge is -2.42. The zero-order valence-electron chi connectivity index (χ0n) is 21.2. The van der Waals surface area contributed by atoms with Crippen LogP contribution in [0.4, 0.5) is 14.9 Å². The van der Waals surface area contributed by atoms with Crippen molar-refractivity contribution < 1.29 is 23.6 Å². The quantitative estimate of drug-likeness (QED) is 0.443. The number of fused-ring (bicyclic) bond motifs is 1. The highest BCUT2D eigenvalue weighted by Crippen LogP contribution is 2.36. The molecule has 2 heterocycles. The largest absolute Gasteiger partial charge is 0.356 e. The smallest absolute Gasteiger partial charge is 0.327 e. The fourth-order valence-electron chi connectivity index (χ4n) is 5.25. The molecule has 37 heavy (non-hydrogen) atoms. The molecule has 4 rings (SSSR count). The van der Waals surface area contributed by atoms with Gasteiger partial charge in [0.1, 0.15) is 17.6 Å². The Morgan fingerprint density at radius 1 is 1.14 bits per heavy atom. The van der Waals surface area contributed by atoms with Crippen molar-refractivity contribution in [2.75, 3.05) is 25.0 Å². The Bertz CT molecular complexity index is 1040. The van der Waals surface area contributed by atoms with E-state index in [1.807, 2.05) is 0 Å². The molecule has 0 radical (unpaired) electrons. The molecule has 0 bridgehead atoms. The van der Waals surface area contributed by atoms with E-state index in [0.29, 0.717) is 12.2 Å². The average molecular weight is 531 g/mol. The minimum absolute atomic E-state index is 0.0207. The molecule has 2 aliphatic heterocycles. The summed E-state index contributed by atoms with van der Waals surface area (Å²) < 4.78 is 13.5. The molecule has 1 saturated carbocycles. The van der Waals surface area contributed by atoms with E-state index >= 15 is 0 Å². The zero-order valence-corrected chi connectivity index (χ0v) is 22.0. The maximum atomic E-state index is 13.5. The van der Waals surface area contributed by atoms with E-state index in [0.717, 1.165) is 44.9 Å². The lowest BCUT2D eigenvalue weighted by atomic mass is 9.81. The number of unbranched alkanes of at least 4 members (excludes halogenated alkanes) is 2. The third-order valence-corrected chi connectivity index (χ3v) is 8.41. The molecule has 3 aliphatic rings. The minimum atomic E-state index is -0.494. The summed E-state index contributed by atoms with van der Waals surface area (Å²) in [4.78, 5) is 54.5. The van der Waals surface area contributed by atoms with Crippen LogP contribution < -0.4 is 10.6 Å². The molecular formula is C27H35FN4O4S. The molecule has 8 nitrogen and oxygen atoms in total. The molecule has 2 N–H and O–H groups in total. The number of nitrogens with one attached hydrogen (secondary N) is 2. The Hall–Kier alpha value is -2.88. The number of carbonyl (C=O) groups excluding carboxylic acids is 4. The first-order chi connectivity index (χ1) is 17.9. The minimum Gasteiger partial charge on any atom is -0.356 e. The molecule has 2 fully saturated rings. The molecule has 1 saturated heterocycles. The molecule has 2 unspecified atom stereocenters. The Balaban J connectivity index is 1.34. The van der Waals surface area contributed by atoms with Gasteiger partial charge >= 0.3 is 6.03 Å². The van der Waals surface area contributed by atoms with Crippen LogP contribution in [-0.4, -0.2) is 64.5 Å². The second kappa shape index (κ2) is 12.6. The number of halogens is 1. The highest BCUT2D eigenvalue weighted by Gasteiger charge is 2.48. The standard InChI is InChI=1S/C27H35FN4O4S/c1-2-3-4-13-29-25(34)19-10-8-18(9-11-19)16-32-26(35)24-22(12-14-37-24)31(27(32)36)17-23(33)30-21-7-5-6-20(28)15-21/h5-7,12,14-15,18-19,22,24H,2-4,8-11,13,16-17H2,1H3,(H,29,34)(H,30,33). The Labute approximate surface area is 221 Å². The van der Waals surface area contributed by atoms with Crippen LogP contribution in [0.5, 0.6) is 0 Å². The first-order valence-electron chi connectivity index (χ1n) is 13.1. The second-order valence-electron chi connectivity index (χ2n) is 10.0. The van der Waals surface area contributed by atoms with Crippen LogP contribution in [0.15, 0.2) is 35.7 Å². The second-order valence-corrected chi connectivity index (χ2v) is 11.1.